The summed E-state index contributed by atoms with van der Waals surface area (Å²) in [5.74, 6) is -1.50. The molecule has 0 aromatic heterocycles. The van der Waals surface area contributed by atoms with Gasteiger partial charge in [0.1, 0.15) is 18.1 Å². The molecule has 2 rings (SSSR count). The Morgan fingerprint density at radius 3 is 2.28 bits per heavy atom. The van der Waals surface area contributed by atoms with Gasteiger partial charge in [-0.05, 0) is 54.0 Å². The summed E-state index contributed by atoms with van der Waals surface area (Å²) >= 11 is 3.17. The number of hydrogen-bond acceptors (Lipinski definition) is 3. The smallest absolute Gasteiger partial charge is 0.491 e. The normalized spacial score (nSPS) is 17.6. The summed E-state index contributed by atoms with van der Waals surface area (Å²) < 4.78 is 84.2. The molecule has 0 atom stereocenters. The molecule has 1 aromatic rings. The molecule has 0 radical (unpaired) electrons. The second-order valence-electron chi connectivity index (χ2n) is 5.65. The Labute approximate surface area is 149 Å². The summed E-state index contributed by atoms with van der Waals surface area (Å²) in [6.45, 7) is 1.16. The predicted octanol–water partition coefficient (Wildman–Crippen LogP) is 5.00. The van der Waals surface area contributed by atoms with Crippen molar-refractivity contribution in [1.29, 1.82) is 0 Å². The molecule has 0 saturated carbocycles. The van der Waals surface area contributed by atoms with E-state index in [1.165, 1.54) is 6.07 Å². The molecule has 1 aromatic carbocycles. The van der Waals surface area contributed by atoms with E-state index in [2.05, 4.69) is 20.7 Å². The van der Waals surface area contributed by atoms with E-state index in [0.717, 1.165) is 12.1 Å². The number of alkyl halides is 6. The molecule has 3 nitrogen and oxygen atoms in total. The van der Waals surface area contributed by atoms with Gasteiger partial charge in [-0.25, -0.2) is 0 Å². The molecule has 10 heteroatoms. The average Bonchev–Trinajstić information content (AvgIpc) is 2.48. The molecule has 0 aliphatic carbocycles. The second kappa shape index (κ2) is 8.03. The molecule has 0 N–H and O–H groups in total. The van der Waals surface area contributed by atoms with Crippen LogP contribution >= 0.6 is 15.9 Å². The third-order valence-electron chi connectivity index (χ3n) is 3.85. The summed E-state index contributed by atoms with van der Waals surface area (Å²) in [5.41, 5.74) is 0. The Hall–Kier alpha value is -1.16. The largest absolute Gasteiger partial charge is 0.573 e. The molecule has 25 heavy (non-hydrogen) atoms. The summed E-state index contributed by atoms with van der Waals surface area (Å²) in [5, 5.41) is 0. The van der Waals surface area contributed by atoms with E-state index >= 15 is 0 Å². The summed E-state index contributed by atoms with van der Waals surface area (Å²) in [6, 6.07) is 3.62. The van der Waals surface area contributed by atoms with Crippen LogP contribution in [-0.4, -0.2) is 43.7 Å². The molecule has 0 amide bonds. The van der Waals surface area contributed by atoms with Gasteiger partial charge in [0.25, 0.3) is 0 Å². The van der Waals surface area contributed by atoms with Crippen molar-refractivity contribution >= 4 is 15.9 Å². The zero-order chi connectivity index (χ0) is 18.7. The van der Waals surface area contributed by atoms with Crippen LogP contribution in [0.25, 0.3) is 0 Å². The third-order valence-corrected chi connectivity index (χ3v) is 4.51. The zero-order valence-electron chi connectivity index (χ0n) is 13.0. The van der Waals surface area contributed by atoms with Gasteiger partial charge in [0, 0.05) is 12.6 Å². The Morgan fingerprint density at radius 1 is 1.08 bits per heavy atom. The molecule has 0 spiro atoms. The van der Waals surface area contributed by atoms with Crippen molar-refractivity contribution in [1.82, 2.24) is 4.90 Å². The first kappa shape index (κ1) is 20.2. The van der Waals surface area contributed by atoms with E-state index in [1.54, 1.807) is 0 Å². The first-order valence-corrected chi connectivity index (χ1v) is 8.31. The molecule has 1 aliphatic heterocycles. The highest BCUT2D eigenvalue weighted by Gasteiger charge is 2.40. The van der Waals surface area contributed by atoms with Gasteiger partial charge in [0.05, 0.1) is 10.4 Å². The van der Waals surface area contributed by atoms with E-state index in [-0.39, 0.29) is 25.2 Å². The fraction of sp³-hybridized carbons (Fsp3) is 0.600. The molecular formula is C15H16BrF6NO2. The average molecular weight is 436 g/mol. The van der Waals surface area contributed by atoms with Crippen LogP contribution in [0.5, 0.6) is 11.5 Å². The van der Waals surface area contributed by atoms with Crippen LogP contribution in [-0.2, 0) is 0 Å². The lowest BCUT2D eigenvalue weighted by Gasteiger charge is -2.32. The maximum atomic E-state index is 12.6. The number of halogens is 7. The van der Waals surface area contributed by atoms with Crippen LogP contribution in [0.2, 0.25) is 0 Å². The maximum absolute atomic E-state index is 12.6. The van der Waals surface area contributed by atoms with Gasteiger partial charge in [-0.15, -0.1) is 13.2 Å². The van der Waals surface area contributed by atoms with E-state index in [4.69, 9.17) is 4.74 Å². The van der Waals surface area contributed by atoms with Crippen molar-refractivity contribution in [2.75, 3.05) is 26.2 Å². The number of nitrogens with zero attached hydrogens (tertiary/aromatic N) is 1. The fourth-order valence-electron chi connectivity index (χ4n) is 2.56. The summed E-state index contributed by atoms with van der Waals surface area (Å²) in [7, 11) is 0. The van der Waals surface area contributed by atoms with E-state index in [0.29, 0.717) is 24.1 Å². The van der Waals surface area contributed by atoms with Crippen LogP contribution in [0.15, 0.2) is 22.7 Å². The van der Waals surface area contributed by atoms with E-state index < -0.39 is 24.2 Å². The van der Waals surface area contributed by atoms with Crippen LogP contribution < -0.4 is 9.47 Å². The minimum Gasteiger partial charge on any atom is -0.491 e. The van der Waals surface area contributed by atoms with Crippen LogP contribution in [0, 0.1) is 5.92 Å². The van der Waals surface area contributed by atoms with Crippen molar-refractivity contribution in [2.45, 2.75) is 25.4 Å². The van der Waals surface area contributed by atoms with Gasteiger partial charge in [0.2, 0.25) is 0 Å². The van der Waals surface area contributed by atoms with Crippen molar-refractivity contribution in [2.24, 2.45) is 5.92 Å². The van der Waals surface area contributed by atoms with Gasteiger partial charge in [-0.1, -0.05) is 0 Å². The third kappa shape index (κ3) is 6.58. The zero-order valence-corrected chi connectivity index (χ0v) is 14.5. The summed E-state index contributed by atoms with van der Waals surface area (Å²) in [4.78, 5) is 1.84. The van der Waals surface area contributed by atoms with Crippen molar-refractivity contribution < 1.29 is 35.8 Å². The lowest BCUT2D eigenvalue weighted by atomic mass is 9.96. The van der Waals surface area contributed by atoms with Crippen molar-refractivity contribution in [3.8, 4) is 11.5 Å². The van der Waals surface area contributed by atoms with Gasteiger partial charge in [0.15, 0.2) is 0 Å². The standard InChI is InChI=1S/C15H16BrF6NO2/c16-12-2-1-11(25-15(20,21)22)9-13(12)24-8-7-23-5-3-10(4-6-23)14(17,18)19/h1-2,9-10H,3-8H2. The monoisotopic (exact) mass is 435 g/mol. The topological polar surface area (TPSA) is 21.7 Å². The fourth-order valence-corrected chi connectivity index (χ4v) is 2.92. The van der Waals surface area contributed by atoms with Crippen molar-refractivity contribution in [3.05, 3.63) is 22.7 Å². The first-order valence-electron chi connectivity index (χ1n) is 7.52. The molecular weight excluding hydrogens is 420 g/mol. The van der Waals surface area contributed by atoms with E-state index in [1.807, 2.05) is 4.90 Å². The Balaban J connectivity index is 1.81. The van der Waals surface area contributed by atoms with Crippen LogP contribution in [0.4, 0.5) is 26.3 Å². The Morgan fingerprint density at radius 2 is 1.72 bits per heavy atom. The maximum Gasteiger partial charge on any atom is 0.573 e. The van der Waals surface area contributed by atoms with Crippen LogP contribution in [0.1, 0.15) is 12.8 Å². The van der Waals surface area contributed by atoms with Gasteiger partial charge in [-0.2, -0.15) is 13.2 Å². The molecule has 0 unspecified atom stereocenters. The lowest BCUT2D eigenvalue weighted by Crippen LogP contribution is -2.40. The number of rotatable bonds is 5. The highest BCUT2D eigenvalue weighted by atomic mass is 79.9. The number of ether oxygens (including phenoxy) is 2. The minimum absolute atomic E-state index is 0.0438. The SMILES string of the molecule is FC(F)(F)Oc1ccc(Br)c(OCCN2CCC(C(F)(F)F)CC2)c1. The molecule has 1 aliphatic rings. The number of hydrogen-bond donors (Lipinski definition) is 0. The summed E-state index contributed by atoms with van der Waals surface area (Å²) in [6.07, 6.45) is -8.87. The van der Waals surface area contributed by atoms with Crippen molar-refractivity contribution in [3.63, 3.8) is 0 Å². The van der Waals surface area contributed by atoms with Crippen LogP contribution in [0.3, 0.4) is 0 Å². The molecule has 1 saturated heterocycles. The predicted molar refractivity (Wildman–Crippen MR) is 81.5 cm³/mol. The number of likely N-dealkylation sites (tertiary alicyclic amines) is 1. The second-order valence-corrected chi connectivity index (χ2v) is 6.50. The Bertz CT molecular complexity index is 570. The van der Waals surface area contributed by atoms with Gasteiger partial charge in [-0.3, -0.25) is 4.90 Å². The lowest BCUT2D eigenvalue weighted by molar-refractivity contribution is -0.274. The quantitative estimate of drug-likeness (QED) is 0.607. The number of piperidine rings is 1. The molecule has 1 heterocycles. The first-order chi connectivity index (χ1) is 11.5. The van der Waals surface area contributed by atoms with E-state index in [9.17, 15) is 26.3 Å². The molecule has 1 fully saturated rings. The molecule has 0 bridgehead atoms. The highest BCUT2D eigenvalue weighted by Crippen LogP contribution is 2.34. The highest BCUT2D eigenvalue weighted by molar-refractivity contribution is 9.10. The molecule has 142 valence electrons. The number of benzene rings is 1. The minimum atomic E-state index is -4.80. The van der Waals surface area contributed by atoms with Gasteiger partial charge >= 0.3 is 12.5 Å². The van der Waals surface area contributed by atoms with Gasteiger partial charge < -0.3 is 9.47 Å². The Kier molecular flexibility index (Phi) is 6.47.